The summed E-state index contributed by atoms with van der Waals surface area (Å²) < 4.78 is 1.68. The highest BCUT2D eigenvalue weighted by Crippen LogP contribution is 2.27. The second kappa shape index (κ2) is 5.22. The van der Waals surface area contributed by atoms with Gasteiger partial charge in [0.1, 0.15) is 5.69 Å². The van der Waals surface area contributed by atoms with Crippen LogP contribution < -0.4 is 0 Å². The molecule has 0 amide bonds. The van der Waals surface area contributed by atoms with Crippen molar-refractivity contribution in [2.75, 3.05) is 13.1 Å². The Hall–Kier alpha value is -1.16. The highest BCUT2D eigenvalue weighted by atomic mass is 16.1. The molecule has 1 aliphatic rings. The zero-order valence-corrected chi connectivity index (χ0v) is 11.6. The lowest BCUT2D eigenvalue weighted by Gasteiger charge is -2.41. The molecule has 18 heavy (non-hydrogen) atoms. The fourth-order valence-electron chi connectivity index (χ4n) is 2.79. The largest absolute Gasteiger partial charge is 0.291 e. The van der Waals surface area contributed by atoms with Gasteiger partial charge in [0.05, 0.1) is 5.54 Å². The lowest BCUT2D eigenvalue weighted by Crippen LogP contribution is -2.54. The molecule has 0 aromatic carbocycles. The number of piperidine rings is 1. The summed E-state index contributed by atoms with van der Waals surface area (Å²) in [6.45, 7) is 6.25. The molecule has 4 heteroatoms. The summed E-state index contributed by atoms with van der Waals surface area (Å²) in [6.07, 6.45) is 6.23. The monoisotopic (exact) mass is 249 g/mol. The molecule has 0 radical (unpaired) electrons. The van der Waals surface area contributed by atoms with Gasteiger partial charge in [0.15, 0.2) is 0 Å². The van der Waals surface area contributed by atoms with Crippen molar-refractivity contribution in [3.63, 3.8) is 0 Å². The highest BCUT2D eigenvalue weighted by molar-refractivity contribution is 6.01. The van der Waals surface area contributed by atoms with E-state index in [-0.39, 0.29) is 11.3 Å². The molecule has 1 atom stereocenters. The number of hydrogen-bond acceptors (Lipinski definition) is 3. The first kappa shape index (κ1) is 13.3. The smallest absolute Gasteiger partial charge is 0.200 e. The van der Waals surface area contributed by atoms with E-state index in [9.17, 15) is 4.79 Å². The Labute approximate surface area is 109 Å². The molecule has 1 aromatic heterocycles. The second-order valence-corrected chi connectivity index (χ2v) is 5.34. The van der Waals surface area contributed by atoms with Gasteiger partial charge in [-0.05, 0) is 45.3 Å². The van der Waals surface area contributed by atoms with Crippen molar-refractivity contribution in [1.82, 2.24) is 14.7 Å². The maximum absolute atomic E-state index is 12.8. The maximum Gasteiger partial charge on any atom is 0.200 e. The standard InChI is InChI=1S/C14H23N3O/c1-4-14(2,17-10-6-5-7-11-17)13(18)12-8-9-15-16(12)3/h8-9H,4-7,10-11H2,1-3H3. The molecule has 0 spiro atoms. The first-order valence-electron chi connectivity index (χ1n) is 6.87. The topological polar surface area (TPSA) is 38.1 Å². The molecule has 0 N–H and O–H groups in total. The minimum Gasteiger partial charge on any atom is -0.291 e. The van der Waals surface area contributed by atoms with Gasteiger partial charge in [-0.25, -0.2) is 0 Å². The first-order valence-corrected chi connectivity index (χ1v) is 6.87. The third-order valence-electron chi connectivity index (χ3n) is 4.29. The summed E-state index contributed by atoms with van der Waals surface area (Å²) in [5.74, 6) is 0.201. The molecule has 1 saturated heterocycles. The van der Waals surface area contributed by atoms with E-state index in [1.807, 2.05) is 13.1 Å². The molecule has 1 fully saturated rings. The van der Waals surface area contributed by atoms with Gasteiger partial charge in [-0.2, -0.15) is 5.10 Å². The Morgan fingerprint density at radius 3 is 2.56 bits per heavy atom. The molecule has 1 aromatic rings. The Morgan fingerprint density at radius 2 is 2.06 bits per heavy atom. The summed E-state index contributed by atoms with van der Waals surface area (Å²) in [7, 11) is 1.83. The highest BCUT2D eigenvalue weighted by Gasteiger charge is 2.39. The number of ketones is 1. The van der Waals surface area contributed by atoms with Gasteiger partial charge in [-0.15, -0.1) is 0 Å². The van der Waals surface area contributed by atoms with Crippen LogP contribution in [0.3, 0.4) is 0 Å². The van der Waals surface area contributed by atoms with Crippen molar-refractivity contribution >= 4 is 5.78 Å². The van der Waals surface area contributed by atoms with Crippen LogP contribution in [0.25, 0.3) is 0 Å². The Kier molecular flexibility index (Phi) is 3.85. The van der Waals surface area contributed by atoms with Gasteiger partial charge in [-0.3, -0.25) is 14.4 Å². The first-order chi connectivity index (χ1) is 8.59. The molecule has 0 saturated carbocycles. The molecular weight excluding hydrogens is 226 g/mol. The zero-order valence-electron chi connectivity index (χ0n) is 11.6. The van der Waals surface area contributed by atoms with E-state index in [1.165, 1.54) is 19.3 Å². The van der Waals surface area contributed by atoms with E-state index in [0.29, 0.717) is 5.69 Å². The number of hydrogen-bond donors (Lipinski definition) is 0. The van der Waals surface area contributed by atoms with Crippen molar-refractivity contribution in [2.24, 2.45) is 7.05 Å². The fraction of sp³-hybridized carbons (Fsp3) is 0.714. The Morgan fingerprint density at radius 1 is 1.39 bits per heavy atom. The van der Waals surface area contributed by atoms with Crippen LogP contribution in [0.5, 0.6) is 0 Å². The Balaban J connectivity index is 2.26. The molecule has 2 rings (SSSR count). The average Bonchev–Trinajstić information content (AvgIpc) is 2.84. The summed E-state index contributed by atoms with van der Waals surface area (Å²) in [5, 5.41) is 4.11. The van der Waals surface area contributed by atoms with Gasteiger partial charge >= 0.3 is 0 Å². The van der Waals surface area contributed by atoms with Crippen molar-refractivity contribution in [3.05, 3.63) is 18.0 Å². The summed E-state index contributed by atoms with van der Waals surface area (Å²) in [6, 6.07) is 1.82. The number of Topliss-reactive ketones (excluding diaryl/α,β-unsaturated/α-hetero) is 1. The quantitative estimate of drug-likeness (QED) is 0.768. The van der Waals surface area contributed by atoms with Gasteiger partial charge in [0.2, 0.25) is 5.78 Å². The number of aryl methyl sites for hydroxylation is 1. The van der Waals surface area contributed by atoms with Gasteiger partial charge in [-0.1, -0.05) is 13.3 Å². The van der Waals surface area contributed by atoms with Gasteiger partial charge in [0, 0.05) is 13.2 Å². The van der Waals surface area contributed by atoms with Crippen molar-refractivity contribution in [2.45, 2.75) is 45.1 Å². The molecule has 0 bridgehead atoms. The van der Waals surface area contributed by atoms with Crippen LogP contribution >= 0.6 is 0 Å². The van der Waals surface area contributed by atoms with E-state index in [1.54, 1.807) is 10.9 Å². The molecule has 0 aliphatic carbocycles. The normalized spacial score (nSPS) is 20.6. The lowest BCUT2D eigenvalue weighted by molar-refractivity contribution is 0.0496. The van der Waals surface area contributed by atoms with E-state index in [2.05, 4.69) is 23.8 Å². The van der Waals surface area contributed by atoms with Crippen LogP contribution in [-0.2, 0) is 7.05 Å². The van der Waals surface area contributed by atoms with Crippen LogP contribution in [-0.4, -0.2) is 39.1 Å². The third-order valence-corrected chi connectivity index (χ3v) is 4.29. The zero-order chi connectivity index (χ0) is 13.2. The van der Waals surface area contributed by atoms with Crippen molar-refractivity contribution < 1.29 is 4.79 Å². The number of nitrogens with zero attached hydrogens (tertiary/aromatic N) is 3. The van der Waals surface area contributed by atoms with Gasteiger partial charge in [0.25, 0.3) is 0 Å². The van der Waals surface area contributed by atoms with Crippen LogP contribution in [0.4, 0.5) is 0 Å². The van der Waals surface area contributed by atoms with E-state index in [0.717, 1.165) is 19.5 Å². The summed E-state index contributed by atoms with van der Waals surface area (Å²) >= 11 is 0. The molecule has 100 valence electrons. The molecule has 4 nitrogen and oxygen atoms in total. The predicted molar refractivity (Wildman–Crippen MR) is 71.7 cm³/mol. The van der Waals surface area contributed by atoms with Crippen LogP contribution in [0.2, 0.25) is 0 Å². The Bertz CT molecular complexity index is 420. The molecule has 1 unspecified atom stereocenters. The number of likely N-dealkylation sites (tertiary alicyclic amines) is 1. The van der Waals surface area contributed by atoms with E-state index >= 15 is 0 Å². The number of carbonyl (C=O) groups is 1. The van der Waals surface area contributed by atoms with Crippen LogP contribution in [0.1, 0.15) is 50.0 Å². The second-order valence-electron chi connectivity index (χ2n) is 5.34. The average molecular weight is 249 g/mol. The van der Waals surface area contributed by atoms with E-state index < -0.39 is 0 Å². The lowest BCUT2D eigenvalue weighted by atomic mass is 9.87. The fourth-order valence-corrected chi connectivity index (χ4v) is 2.79. The third kappa shape index (κ3) is 2.21. The maximum atomic E-state index is 12.8. The van der Waals surface area contributed by atoms with Gasteiger partial charge < -0.3 is 0 Å². The molecular formula is C14H23N3O. The minimum atomic E-state index is -0.381. The summed E-state index contributed by atoms with van der Waals surface area (Å²) in [5.41, 5.74) is 0.332. The predicted octanol–water partition coefficient (Wildman–Crippen LogP) is 2.26. The minimum absolute atomic E-state index is 0.201. The van der Waals surface area contributed by atoms with Crippen molar-refractivity contribution in [3.8, 4) is 0 Å². The number of aromatic nitrogens is 2. The number of carbonyl (C=O) groups excluding carboxylic acids is 1. The van der Waals surface area contributed by atoms with Crippen LogP contribution in [0.15, 0.2) is 12.3 Å². The molecule has 1 aliphatic heterocycles. The van der Waals surface area contributed by atoms with Crippen LogP contribution in [0, 0.1) is 0 Å². The summed E-state index contributed by atoms with van der Waals surface area (Å²) in [4.78, 5) is 15.1. The van der Waals surface area contributed by atoms with E-state index in [4.69, 9.17) is 0 Å². The number of rotatable bonds is 4. The SMILES string of the molecule is CCC(C)(C(=O)c1ccnn1C)N1CCCCC1. The molecule has 2 heterocycles. The van der Waals surface area contributed by atoms with Crippen molar-refractivity contribution in [1.29, 1.82) is 0 Å².